The number of carboxylic acids is 1. The Kier molecular flexibility index (Phi) is 6.66. The quantitative estimate of drug-likeness (QED) is 0.418. The second kappa shape index (κ2) is 8.75. The van der Waals surface area contributed by atoms with E-state index in [-0.39, 0.29) is 29.7 Å². The Bertz CT molecular complexity index is 855. The number of hydrogen-bond donors (Lipinski definition) is 1. The Balaban J connectivity index is 2.55. The number of rotatable bonds is 9. The normalized spacial score (nSPS) is 13.0. The summed E-state index contributed by atoms with van der Waals surface area (Å²) in [6.07, 6.45) is 0.886. The zero-order chi connectivity index (χ0) is 20.0. The maximum absolute atomic E-state index is 13.1. The van der Waals surface area contributed by atoms with E-state index in [2.05, 4.69) is 6.58 Å². The molecule has 142 valence electrons. The van der Waals surface area contributed by atoms with Gasteiger partial charge in [0.05, 0.1) is 12.6 Å². The van der Waals surface area contributed by atoms with Gasteiger partial charge in [-0.3, -0.25) is 4.79 Å². The number of aromatic carboxylic acids is 1. The SMILES string of the molecule is C=C(C)COC(O)(CCC)c1ccccc1C(=O)c1ccccc1C(=O)[O-]. The van der Waals surface area contributed by atoms with Gasteiger partial charge in [0.1, 0.15) is 0 Å². The van der Waals surface area contributed by atoms with Crippen molar-refractivity contribution in [3.05, 3.63) is 82.9 Å². The summed E-state index contributed by atoms with van der Waals surface area (Å²) in [6, 6.07) is 12.4. The summed E-state index contributed by atoms with van der Waals surface area (Å²) in [5, 5.41) is 22.5. The van der Waals surface area contributed by atoms with Gasteiger partial charge in [-0.1, -0.05) is 74.0 Å². The molecule has 5 heteroatoms. The number of aliphatic hydroxyl groups is 1. The first-order valence-corrected chi connectivity index (χ1v) is 8.75. The first kappa shape index (κ1) is 20.6. The van der Waals surface area contributed by atoms with Crippen LogP contribution in [0.4, 0.5) is 0 Å². The van der Waals surface area contributed by atoms with E-state index in [4.69, 9.17) is 4.74 Å². The molecule has 0 heterocycles. The predicted molar refractivity (Wildman–Crippen MR) is 100 cm³/mol. The summed E-state index contributed by atoms with van der Waals surface area (Å²) in [4.78, 5) is 24.5. The summed E-state index contributed by atoms with van der Waals surface area (Å²) < 4.78 is 5.70. The molecule has 5 nitrogen and oxygen atoms in total. The van der Waals surface area contributed by atoms with Gasteiger partial charge in [-0.2, -0.15) is 0 Å². The molecule has 0 aromatic heterocycles. The Morgan fingerprint density at radius 2 is 1.63 bits per heavy atom. The highest BCUT2D eigenvalue weighted by Gasteiger charge is 2.34. The fourth-order valence-electron chi connectivity index (χ4n) is 2.89. The Hall–Kier alpha value is -2.76. The molecule has 2 aromatic carbocycles. The minimum Gasteiger partial charge on any atom is -0.545 e. The third kappa shape index (κ3) is 4.70. The summed E-state index contributed by atoms with van der Waals surface area (Å²) >= 11 is 0. The average Bonchev–Trinajstić information content (AvgIpc) is 2.66. The molecule has 1 atom stereocenters. The van der Waals surface area contributed by atoms with E-state index in [0.717, 1.165) is 5.57 Å². The molecule has 0 bridgehead atoms. The van der Waals surface area contributed by atoms with Crippen LogP contribution in [0, 0.1) is 0 Å². The zero-order valence-electron chi connectivity index (χ0n) is 15.5. The summed E-state index contributed by atoms with van der Waals surface area (Å²) in [5.74, 6) is -3.63. The standard InChI is InChI=1S/C22H24O5/c1-4-13-22(26,27-14-15(2)3)19-12-8-7-11-18(19)20(23)16-9-5-6-10-17(16)21(24)25/h5-12,26H,2,4,13-14H2,1,3H3,(H,24,25)/p-1. The second-order valence-corrected chi connectivity index (χ2v) is 6.49. The topological polar surface area (TPSA) is 86.7 Å². The molecule has 0 radical (unpaired) electrons. The maximum Gasteiger partial charge on any atom is 0.194 e. The molecule has 27 heavy (non-hydrogen) atoms. The minimum atomic E-state index is -1.68. The molecule has 2 rings (SSSR count). The molecule has 0 spiro atoms. The number of ether oxygens (including phenoxy) is 1. The number of carbonyl (C=O) groups is 2. The molecule has 1 unspecified atom stereocenters. The number of carboxylic acid groups (broad SMARTS) is 1. The largest absolute Gasteiger partial charge is 0.545 e. The van der Waals surface area contributed by atoms with Gasteiger partial charge < -0.3 is 19.7 Å². The van der Waals surface area contributed by atoms with Gasteiger partial charge in [0.2, 0.25) is 0 Å². The van der Waals surface area contributed by atoms with Gasteiger partial charge in [0.15, 0.2) is 11.6 Å². The molecular weight excluding hydrogens is 344 g/mol. The lowest BCUT2D eigenvalue weighted by Gasteiger charge is -2.30. The van der Waals surface area contributed by atoms with Crippen LogP contribution in [0.25, 0.3) is 0 Å². The Morgan fingerprint density at radius 1 is 1.07 bits per heavy atom. The van der Waals surface area contributed by atoms with Crippen LogP contribution in [-0.4, -0.2) is 23.5 Å². The van der Waals surface area contributed by atoms with E-state index in [1.807, 2.05) is 6.92 Å². The highest BCUT2D eigenvalue weighted by molar-refractivity contribution is 6.14. The van der Waals surface area contributed by atoms with Crippen molar-refractivity contribution in [2.75, 3.05) is 6.61 Å². The lowest BCUT2D eigenvalue weighted by Crippen LogP contribution is -2.32. The lowest BCUT2D eigenvalue weighted by molar-refractivity contribution is -0.255. The van der Waals surface area contributed by atoms with E-state index in [1.165, 1.54) is 18.2 Å². The van der Waals surface area contributed by atoms with Crippen LogP contribution in [0.1, 0.15) is 58.5 Å². The van der Waals surface area contributed by atoms with Crippen molar-refractivity contribution in [1.82, 2.24) is 0 Å². The zero-order valence-corrected chi connectivity index (χ0v) is 15.5. The van der Waals surface area contributed by atoms with Crippen molar-refractivity contribution in [3.8, 4) is 0 Å². The van der Waals surface area contributed by atoms with Crippen molar-refractivity contribution in [3.63, 3.8) is 0 Å². The highest BCUT2D eigenvalue weighted by Crippen LogP contribution is 2.32. The molecule has 0 amide bonds. The summed E-state index contributed by atoms with van der Waals surface area (Å²) in [6.45, 7) is 7.58. The van der Waals surface area contributed by atoms with E-state index < -0.39 is 17.5 Å². The van der Waals surface area contributed by atoms with Crippen LogP contribution in [0.2, 0.25) is 0 Å². The van der Waals surface area contributed by atoms with Crippen molar-refractivity contribution >= 4 is 11.8 Å². The van der Waals surface area contributed by atoms with Crippen LogP contribution in [0.15, 0.2) is 60.7 Å². The minimum absolute atomic E-state index is 0.00343. The maximum atomic E-state index is 13.1. The molecular formula is C22H23O5-. The first-order valence-electron chi connectivity index (χ1n) is 8.75. The van der Waals surface area contributed by atoms with Gasteiger partial charge in [-0.25, -0.2) is 0 Å². The van der Waals surface area contributed by atoms with Gasteiger partial charge >= 0.3 is 0 Å². The van der Waals surface area contributed by atoms with E-state index in [1.54, 1.807) is 37.3 Å². The molecule has 0 fully saturated rings. The average molecular weight is 367 g/mol. The van der Waals surface area contributed by atoms with Crippen molar-refractivity contribution < 1.29 is 24.5 Å². The van der Waals surface area contributed by atoms with Crippen LogP contribution in [-0.2, 0) is 10.5 Å². The third-order valence-corrected chi connectivity index (χ3v) is 4.13. The molecule has 0 aliphatic carbocycles. The fraction of sp³-hybridized carbons (Fsp3) is 0.273. The smallest absolute Gasteiger partial charge is 0.194 e. The Labute approximate surface area is 158 Å². The highest BCUT2D eigenvalue weighted by atomic mass is 16.6. The second-order valence-electron chi connectivity index (χ2n) is 6.49. The van der Waals surface area contributed by atoms with Gasteiger partial charge in [-0.05, 0) is 6.92 Å². The number of benzene rings is 2. The molecule has 0 aliphatic rings. The monoisotopic (exact) mass is 367 g/mol. The van der Waals surface area contributed by atoms with E-state index in [9.17, 15) is 19.8 Å². The number of hydrogen-bond acceptors (Lipinski definition) is 5. The van der Waals surface area contributed by atoms with Gasteiger partial charge in [-0.15, -0.1) is 0 Å². The van der Waals surface area contributed by atoms with Crippen LogP contribution in [0.5, 0.6) is 0 Å². The number of ketones is 1. The molecule has 1 N–H and O–H groups in total. The molecule has 2 aromatic rings. The third-order valence-electron chi connectivity index (χ3n) is 4.13. The summed E-state index contributed by atoms with van der Waals surface area (Å²) in [5.41, 5.74) is 1.02. The van der Waals surface area contributed by atoms with Crippen molar-refractivity contribution in [1.29, 1.82) is 0 Å². The molecule has 0 saturated carbocycles. The first-order chi connectivity index (χ1) is 12.8. The van der Waals surface area contributed by atoms with Gasteiger partial charge in [0.25, 0.3) is 0 Å². The van der Waals surface area contributed by atoms with Crippen molar-refractivity contribution in [2.24, 2.45) is 0 Å². The van der Waals surface area contributed by atoms with Crippen molar-refractivity contribution in [2.45, 2.75) is 32.5 Å². The fourth-order valence-corrected chi connectivity index (χ4v) is 2.89. The van der Waals surface area contributed by atoms with Gasteiger partial charge in [0, 0.05) is 28.7 Å². The number of carbonyl (C=O) groups excluding carboxylic acids is 2. The predicted octanol–water partition coefficient (Wildman–Crippen LogP) is 2.82. The summed E-state index contributed by atoms with van der Waals surface area (Å²) in [7, 11) is 0. The van der Waals surface area contributed by atoms with E-state index >= 15 is 0 Å². The molecule has 0 aliphatic heterocycles. The Morgan fingerprint density at radius 3 is 2.19 bits per heavy atom. The van der Waals surface area contributed by atoms with Crippen LogP contribution < -0.4 is 5.11 Å². The molecule has 0 saturated heterocycles. The van der Waals surface area contributed by atoms with Crippen LogP contribution >= 0.6 is 0 Å². The van der Waals surface area contributed by atoms with E-state index in [0.29, 0.717) is 12.0 Å². The lowest BCUT2D eigenvalue weighted by atomic mass is 9.89. The van der Waals surface area contributed by atoms with Crippen LogP contribution in [0.3, 0.4) is 0 Å².